The van der Waals surface area contributed by atoms with Crippen molar-refractivity contribution in [2.24, 2.45) is 5.92 Å². The van der Waals surface area contributed by atoms with E-state index in [1.165, 1.54) is 31.7 Å². The van der Waals surface area contributed by atoms with Crippen LogP contribution in [0, 0.1) is 18.7 Å². The van der Waals surface area contributed by atoms with E-state index in [9.17, 15) is 9.18 Å². The average Bonchev–Trinajstić information content (AvgIpc) is 2.92. The van der Waals surface area contributed by atoms with Gasteiger partial charge in [-0.1, -0.05) is 25.0 Å². The normalized spacial score (nSPS) is 26.9. The molecule has 1 aliphatic carbocycles. The lowest BCUT2D eigenvalue weighted by molar-refractivity contribution is -0.123. The molecule has 1 aliphatic heterocycles. The van der Waals surface area contributed by atoms with Crippen LogP contribution in [0.3, 0.4) is 0 Å². The largest absolute Gasteiger partial charge is 0.351 e. The molecule has 0 aromatic heterocycles. The second-order valence-corrected chi connectivity index (χ2v) is 6.41. The van der Waals surface area contributed by atoms with Gasteiger partial charge in [0, 0.05) is 12.6 Å². The molecule has 5 heteroatoms. The van der Waals surface area contributed by atoms with Crippen molar-refractivity contribution in [1.29, 1.82) is 0 Å². The van der Waals surface area contributed by atoms with Gasteiger partial charge >= 0.3 is 0 Å². The number of halogens is 2. The molecule has 1 heterocycles. The third kappa shape index (κ3) is 3.79. The van der Waals surface area contributed by atoms with Crippen molar-refractivity contribution in [3.63, 3.8) is 0 Å². The smallest absolute Gasteiger partial charge is 0.237 e. The Kier molecular flexibility index (Phi) is 5.81. The molecule has 0 spiro atoms. The summed E-state index contributed by atoms with van der Waals surface area (Å²) in [4.78, 5) is 12.2. The first kappa shape index (κ1) is 17.2. The van der Waals surface area contributed by atoms with Crippen LogP contribution in [0.15, 0.2) is 18.2 Å². The first-order chi connectivity index (χ1) is 10.1. The number of rotatable bonds is 3. The summed E-state index contributed by atoms with van der Waals surface area (Å²) in [5.74, 6) is 0.489. The monoisotopic (exact) mass is 326 g/mol. The first-order valence-electron chi connectivity index (χ1n) is 7.92. The highest BCUT2D eigenvalue weighted by Crippen LogP contribution is 2.33. The number of carbonyl (C=O) groups excluding carboxylic acids is 1. The predicted molar refractivity (Wildman–Crippen MR) is 87.5 cm³/mol. The molecule has 3 unspecified atom stereocenters. The highest BCUT2D eigenvalue weighted by molar-refractivity contribution is 5.85. The van der Waals surface area contributed by atoms with Crippen LogP contribution in [0.25, 0.3) is 0 Å². The van der Waals surface area contributed by atoms with E-state index >= 15 is 0 Å². The number of aryl methyl sites for hydroxylation is 1. The van der Waals surface area contributed by atoms with Gasteiger partial charge in [0.2, 0.25) is 5.91 Å². The summed E-state index contributed by atoms with van der Waals surface area (Å²) in [6.45, 7) is 2.13. The van der Waals surface area contributed by atoms with Gasteiger partial charge in [0.05, 0.1) is 6.04 Å². The second kappa shape index (κ2) is 7.42. The van der Waals surface area contributed by atoms with Crippen LogP contribution in [0.5, 0.6) is 0 Å². The molecule has 3 rings (SSSR count). The quantitative estimate of drug-likeness (QED) is 0.896. The van der Waals surface area contributed by atoms with Crippen molar-refractivity contribution < 1.29 is 9.18 Å². The lowest BCUT2D eigenvalue weighted by atomic mass is 9.85. The summed E-state index contributed by atoms with van der Waals surface area (Å²) in [5, 5.41) is 6.39. The lowest BCUT2D eigenvalue weighted by Crippen LogP contribution is -2.42. The lowest BCUT2D eigenvalue weighted by Gasteiger charge is -2.24. The molecule has 0 bridgehead atoms. The summed E-state index contributed by atoms with van der Waals surface area (Å²) >= 11 is 0. The molecule has 122 valence electrons. The fourth-order valence-corrected chi connectivity index (χ4v) is 3.58. The highest BCUT2D eigenvalue weighted by Gasteiger charge is 2.37. The standard InChI is InChI=1S/C17H23FN2O.ClH/c1-11-6-7-12(8-14(11)18)10-19-17(21)16-9-13-4-2-3-5-15(13)20-16;/h6-8,13,15-16,20H,2-5,9-10H2,1H3,(H,19,21);1H. The fraction of sp³-hybridized carbons (Fsp3) is 0.588. The van der Waals surface area contributed by atoms with E-state index in [0.717, 1.165) is 12.0 Å². The molecule has 2 fully saturated rings. The third-order valence-corrected chi connectivity index (χ3v) is 4.88. The van der Waals surface area contributed by atoms with Gasteiger partial charge in [-0.25, -0.2) is 4.39 Å². The third-order valence-electron chi connectivity index (χ3n) is 4.88. The summed E-state index contributed by atoms with van der Waals surface area (Å²) < 4.78 is 13.5. The Bertz CT molecular complexity index is 523. The SMILES string of the molecule is Cc1ccc(CNC(=O)C2CC3CCCCC3N2)cc1F.Cl. The number of benzene rings is 1. The van der Waals surface area contributed by atoms with E-state index in [2.05, 4.69) is 10.6 Å². The van der Waals surface area contributed by atoms with Gasteiger partial charge in [-0.2, -0.15) is 0 Å². The Labute approximate surface area is 137 Å². The number of carbonyl (C=O) groups is 1. The predicted octanol–water partition coefficient (Wildman–Crippen LogP) is 3.09. The van der Waals surface area contributed by atoms with Crippen LogP contribution in [-0.2, 0) is 11.3 Å². The van der Waals surface area contributed by atoms with Crippen LogP contribution in [0.2, 0.25) is 0 Å². The van der Waals surface area contributed by atoms with Gasteiger partial charge in [0.1, 0.15) is 5.82 Å². The van der Waals surface area contributed by atoms with Crippen molar-refractivity contribution in [2.45, 2.75) is 57.7 Å². The van der Waals surface area contributed by atoms with E-state index in [1.807, 2.05) is 6.07 Å². The molecule has 1 amide bonds. The van der Waals surface area contributed by atoms with Gasteiger partial charge in [-0.05, 0) is 49.3 Å². The summed E-state index contributed by atoms with van der Waals surface area (Å²) in [6.07, 6.45) is 5.94. The zero-order valence-electron chi connectivity index (χ0n) is 12.9. The Morgan fingerprint density at radius 1 is 1.36 bits per heavy atom. The van der Waals surface area contributed by atoms with E-state index in [-0.39, 0.29) is 30.2 Å². The molecule has 1 aromatic carbocycles. The molecule has 1 saturated heterocycles. The number of hydrogen-bond donors (Lipinski definition) is 2. The van der Waals surface area contributed by atoms with Crippen molar-refractivity contribution >= 4 is 18.3 Å². The summed E-state index contributed by atoms with van der Waals surface area (Å²) in [7, 11) is 0. The molecule has 3 atom stereocenters. The second-order valence-electron chi connectivity index (χ2n) is 6.41. The molecular formula is C17H24ClFN2O. The zero-order valence-corrected chi connectivity index (χ0v) is 13.7. The van der Waals surface area contributed by atoms with Gasteiger partial charge < -0.3 is 10.6 Å². The Morgan fingerprint density at radius 2 is 2.14 bits per heavy atom. The maximum Gasteiger partial charge on any atom is 0.237 e. The Morgan fingerprint density at radius 3 is 2.86 bits per heavy atom. The van der Waals surface area contributed by atoms with Crippen molar-refractivity contribution in [1.82, 2.24) is 10.6 Å². The van der Waals surface area contributed by atoms with E-state index in [1.54, 1.807) is 13.0 Å². The summed E-state index contributed by atoms with van der Waals surface area (Å²) in [6, 6.07) is 5.55. The highest BCUT2D eigenvalue weighted by atomic mass is 35.5. The van der Waals surface area contributed by atoms with Crippen molar-refractivity contribution in [3.05, 3.63) is 35.1 Å². The number of fused-ring (bicyclic) bond motifs is 1. The topological polar surface area (TPSA) is 41.1 Å². The number of nitrogens with one attached hydrogen (secondary N) is 2. The minimum absolute atomic E-state index is 0. The maximum absolute atomic E-state index is 13.5. The molecule has 22 heavy (non-hydrogen) atoms. The number of amides is 1. The molecule has 0 radical (unpaired) electrons. The van der Waals surface area contributed by atoms with Gasteiger partial charge in [0.15, 0.2) is 0 Å². The fourth-order valence-electron chi connectivity index (χ4n) is 3.58. The Hall–Kier alpha value is -1.13. The van der Waals surface area contributed by atoms with Crippen molar-refractivity contribution in [3.8, 4) is 0 Å². The Balaban J connectivity index is 0.00000176. The minimum atomic E-state index is -0.216. The van der Waals surface area contributed by atoms with Crippen LogP contribution in [0.1, 0.15) is 43.2 Å². The van der Waals surface area contributed by atoms with E-state index in [0.29, 0.717) is 24.1 Å². The molecule has 1 saturated carbocycles. The van der Waals surface area contributed by atoms with Crippen LogP contribution < -0.4 is 10.6 Å². The van der Waals surface area contributed by atoms with E-state index < -0.39 is 0 Å². The molecule has 2 aliphatic rings. The number of hydrogen-bond acceptors (Lipinski definition) is 2. The first-order valence-corrected chi connectivity index (χ1v) is 7.92. The van der Waals surface area contributed by atoms with Gasteiger partial charge in [-0.3, -0.25) is 4.79 Å². The zero-order chi connectivity index (χ0) is 14.8. The van der Waals surface area contributed by atoms with E-state index in [4.69, 9.17) is 0 Å². The van der Waals surface area contributed by atoms with Crippen LogP contribution >= 0.6 is 12.4 Å². The van der Waals surface area contributed by atoms with Gasteiger partial charge in [-0.15, -0.1) is 12.4 Å². The van der Waals surface area contributed by atoms with Crippen LogP contribution in [-0.4, -0.2) is 18.0 Å². The van der Waals surface area contributed by atoms with Gasteiger partial charge in [0.25, 0.3) is 0 Å². The average molecular weight is 327 g/mol. The molecule has 3 nitrogen and oxygen atoms in total. The molecular weight excluding hydrogens is 303 g/mol. The molecule has 1 aromatic rings. The van der Waals surface area contributed by atoms with Crippen LogP contribution in [0.4, 0.5) is 4.39 Å². The minimum Gasteiger partial charge on any atom is -0.351 e. The van der Waals surface area contributed by atoms with Crippen molar-refractivity contribution in [2.75, 3.05) is 0 Å². The molecule has 2 N–H and O–H groups in total. The summed E-state index contributed by atoms with van der Waals surface area (Å²) in [5.41, 5.74) is 1.44. The maximum atomic E-state index is 13.5.